The Morgan fingerprint density at radius 1 is 1.10 bits per heavy atom. The minimum Gasteiger partial charge on any atom is -0.483 e. The summed E-state index contributed by atoms with van der Waals surface area (Å²) >= 11 is 0. The van der Waals surface area contributed by atoms with Gasteiger partial charge in [0.05, 0.1) is 5.92 Å². The van der Waals surface area contributed by atoms with Gasteiger partial charge in [0.2, 0.25) is 5.91 Å². The van der Waals surface area contributed by atoms with E-state index in [9.17, 15) is 4.79 Å². The Morgan fingerprint density at radius 2 is 1.83 bits per heavy atom. The van der Waals surface area contributed by atoms with Crippen LogP contribution in [0.2, 0.25) is 0 Å². The largest absolute Gasteiger partial charge is 0.483 e. The fraction of sp³-hybridized carbons (Fsp3) is 0.273. The number of rotatable bonds is 3. The minimum atomic E-state index is -0.250. The van der Waals surface area contributed by atoms with Gasteiger partial charge in [-0.1, -0.05) is 42.5 Å². The van der Waals surface area contributed by atoms with Crippen LogP contribution in [0.15, 0.2) is 54.9 Å². The van der Waals surface area contributed by atoms with Gasteiger partial charge in [0.15, 0.2) is 5.82 Å². The second-order valence-corrected chi connectivity index (χ2v) is 7.35. The van der Waals surface area contributed by atoms with Crippen molar-refractivity contribution in [2.75, 3.05) is 19.6 Å². The molecule has 0 radical (unpaired) electrons. The number of carboxylic acid groups (broad SMARTS) is 1. The normalized spacial score (nSPS) is 20.6. The van der Waals surface area contributed by atoms with Crippen molar-refractivity contribution in [2.24, 2.45) is 11.8 Å². The molecule has 2 N–H and O–H groups in total. The molecule has 148 valence electrons. The fourth-order valence-corrected chi connectivity index (χ4v) is 4.21. The van der Waals surface area contributed by atoms with Gasteiger partial charge in [-0.15, -0.1) is 0 Å². The van der Waals surface area contributed by atoms with Gasteiger partial charge in [-0.3, -0.25) is 14.5 Å². The van der Waals surface area contributed by atoms with Gasteiger partial charge >= 0.3 is 0 Å². The first-order chi connectivity index (χ1) is 14.2. The van der Waals surface area contributed by atoms with Crippen molar-refractivity contribution in [3.63, 3.8) is 0 Å². The summed E-state index contributed by atoms with van der Waals surface area (Å²) < 4.78 is 0. The van der Waals surface area contributed by atoms with Gasteiger partial charge in [-0.05, 0) is 10.8 Å². The first-order valence-corrected chi connectivity index (χ1v) is 9.56. The third-order valence-electron chi connectivity index (χ3n) is 5.53. The van der Waals surface area contributed by atoms with Gasteiger partial charge in [-0.25, -0.2) is 9.97 Å². The molecular formula is C22H22N4O3. The van der Waals surface area contributed by atoms with Crippen LogP contribution in [0, 0.1) is 11.8 Å². The van der Waals surface area contributed by atoms with Crippen molar-refractivity contribution < 1.29 is 14.7 Å². The van der Waals surface area contributed by atoms with E-state index in [1.54, 1.807) is 0 Å². The Labute approximate surface area is 168 Å². The highest BCUT2D eigenvalue weighted by Crippen LogP contribution is 2.29. The molecule has 2 fully saturated rings. The number of likely N-dealkylation sites (tertiary alicyclic amines) is 1. The van der Waals surface area contributed by atoms with Crippen LogP contribution in [0.5, 0.6) is 0 Å². The summed E-state index contributed by atoms with van der Waals surface area (Å²) in [6, 6.07) is 14.5. The number of amides is 1. The predicted octanol–water partition coefficient (Wildman–Crippen LogP) is 2.18. The summed E-state index contributed by atoms with van der Waals surface area (Å²) in [4.78, 5) is 31.7. The average Bonchev–Trinajstić information content (AvgIpc) is 3.30. The molecule has 7 nitrogen and oxygen atoms in total. The van der Waals surface area contributed by atoms with E-state index < -0.39 is 0 Å². The lowest BCUT2D eigenvalue weighted by molar-refractivity contribution is -0.123. The lowest BCUT2D eigenvalue weighted by Crippen LogP contribution is -2.28. The van der Waals surface area contributed by atoms with Crippen LogP contribution >= 0.6 is 0 Å². The molecular weight excluding hydrogens is 368 g/mol. The van der Waals surface area contributed by atoms with E-state index in [2.05, 4.69) is 44.5 Å². The van der Waals surface area contributed by atoms with Gasteiger partial charge in [0.25, 0.3) is 6.47 Å². The zero-order valence-corrected chi connectivity index (χ0v) is 15.9. The zero-order chi connectivity index (χ0) is 20.2. The SMILES string of the molecule is O=C1NC[C@H]2CN(Cc3cnc(-c4cccc5ccccc45)nc3)C[C@@H]12.O=CO. The second kappa shape index (κ2) is 8.36. The number of carbonyl (C=O) groups excluding carboxylic acids is 1. The highest BCUT2D eigenvalue weighted by atomic mass is 16.3. The maximum atomic E-state index is 11.8. The summed E-state index contributed by atoms with van der Waals surface area (Å²) in [5.41, 5.74) is 2.15. The number of aromatic nitrogens is 2. The van der Waals surface area contributed by atoms with E-state index in [-0.39, 0.29) is 18.3 Å². The molecule has 1 aromatic heterocycles. The lowest BCUT2D eigenvalue weighted by atomic mass is 10.0. The van der Waals surface area contributed by atoms with E-state index in [1.165, 1.54) is 10.8 Å². The van der Waals surface area contributed by atoms with Crippen LogP contribution in [-0.2, 0) is 16.1 Å². The van der Waals surface area contributed by atoms with Crippen molar-refractivity contribution >= 4 is 23.2 Å². The smallest absolute Gasteiger partial charge is 0.290 e. The molecule has 0 spiro atoms. The van der Waals surface area contributed by atoms with Gasteiger partial charge in [-0.2, -0.15) is 0 Å². The van der Waals surface area contributed by atoms with Crippen molar-refractivity contribution in [3.05, 3.63) is 60.4 Å². The molecule has 29 heavy (non-hydrogen) atoms. The Hall–Kier alpha value is -3.32. The summed E-state index contributed by atoms with van der Waals surface area (Å²) in [6.07, 6.45) is 3.83. The van der Waals surface area contributed by atoms with Crippen LogP contribution < -0.4 is 5.32 Å². The van der Waals surface area contributed by atoms with Crippen LogP contribution in [0.1, 0.15) is 5.56 Å². The quantitative estimate of drug-likeness (QED) is 0.666. The average molecular weight is 390 g/mol. The highest BCUT2D eigenvalue weighted by Gasteiger charge is 2.41. The molecule has 0 unspecified atom stereocenters. The van der Waals surface area contributed by atoms with Crippen LogP contribution in [0.4, 0.5) is 0 Å². The van der Waals surface area contributed by atoms with Gasteiger partial charge < -0.3 is 10.4 Å². The molecule has 2 aliphatic rings. The van der Waals surface area contributed by atoms with Crippen molar-refractivity contribution in [1.29, 1.82) is 0 Å². The van der Waals surface area contributed by atoms with Crippen LogP contribution in [0.3, 0.4) is 0 Å². The molecule has 3 heterocycles. The Balaban J connectivity index is 0.000000645. The summed E-state index contributed by atoms with van der Waals surface area (Å²) in [5, 5.41) is 12.2. The second-order valence-electron chi connectivity index (χ2n) is 7.35. The molecule has 7 heteroatoms. The monoisotopic (exact) mass is 390 g/mol. The number of fused-ring (bicyclic) bond motifs is 2. The van der Waals surface area contributed by atoms with Crippen LogP contribution in [-0.4, -0.2) is 52.0 Å². The van der Waals surface area contributed by atoms with Gasteiger partial charge in [0, 0.05) is 55.6 Å². The standard InChI is InChI=1S/C21H20N4O.CH2O2/c26-21-19-13-25(12-16(19)10-24-21)11-14-8-22-20(23-9-14)18-7-3-5-15-4-1-2-6-17(15)18;2-1-3/h1-9,16,19H,10-13H2,(H,24,26);1H,(H,2,3)/t16-,19+;/m0./s1. The summed E-state index contributed by atoms with van der Waals surface area (Å²) in [6.45, 7) is 3.17. The molecule has 1 amide bonds. The zero-order valence-electron chi connectivity index (χ0n) is 15.9. The molecule has 0 saturated carbocycles. The molecule has 3 aromatic rings. The van der Waals surface area contributed by atoms with E-state index in [4.69, 9.17) is 9.90 Å². The number of nitrogens with zero attached hydrogens (tertiary/aromatic N) is 3. The maximum Gasteiger partial charge on any atom is 0.290 e. The van der Waals surface area contributed by atoms with Crippen molar-refractivity contribution in [2.45, 2.75) is 6.54 Å². The lowest BCUT2D eigenvalue weighted by Gasteiger charge is -2.16. The Bertz CT molecular complexity index is 1020. The topological polar surface area (TPSA) is 95.4 Å². The van der Waals surface area contributed by atoms with E-state index in [1.807, 2.05) is 30.6 Å². The first-order valence-electron chi connectivity index (χ1n) is 9.56. The molecule has 0 aliphatic carbocycles. The fourth-order valence-electron chi connectivity index (χ4n) is 4.21. The van der Waals surface area contributed by atoms with Crippen molar-refractivity contribution in [3.8, 4) is 11.4 Å². The van der Waals surface area contributed by atoms with Crippen LogP contribution in [0.25, 0.3) is 22.2 Å². The minimum absolute atomic E-state index is 0.158. The molecule has 2 saturated heterocycles. The number of carbonyl (C=O) groups is 2. The summed E-state index contributed by atoms with van der Waals surface area (Å²) in [5.74, 6) is 1.58. The number of nitrogens with one attached hydrogen (secondary N) is 1. The molecule has 5 rings (SSSR count). The number of hydrogen-bond donors (Lipinski definition) is 2. The third kappa shape index (κ3) is 3.95. The van der Waals surface area contributed by atoms with E-state index in [0.717, 1.165) is 43.1 Å². The van der Waals surface area contributed by atoms with E-state index in [0.29, 0.717) is 5.92 Å². The number of benzene rings is 2. The van der Waals surface area contributed by atoms with Gasteiger partial charge in [0.1, 0.15) is 0 Å². The van der Waals surface area contributed by atoms with E-state index >= 15 is 0 Å². The van der Waals surface area contributed by atoms with Crippen molar-refractivity contribution in [1.82, 2.24) is 20.2 Å². The first kappa shape index (κ1) is 19.0. The maximum absolute atomic E-state index is 11.8. The molecule has 0 bridgehead atoms. The molecule has 2 aliphatic heterocycles. The molecule has 2 aromatic carbocycles. The third-order valence-corrected chi connectivity index (χ3v) is 5.53. The Morgan fingerprint density at radius 3 is 2.59 bits per heavy atom. The Kier molecular flexibility index (Phi) is 5.48. The molecule has 2 atom stereocenters. The summed E-state index contributed by atoms with van der Waals surface area (Å²) in [7, 11) is 0. The number of hydrogen-bond acceptors (Lipinski definition) is 5. The predicted molar refractivity (Wildman–Crippen MR) is 109 cm³/mol. The highest BCUT2D eigenvalue weighted by molar-refractivity contribution is 5.94.